The molecule has 0 spiro atoms. The molecule has 0 aliphatic carbocycles. The lowest BCUT2D eigenvalue weighted by Gasteiger charge is -2.14. The summed E-state index contributed by atoms with van der Waals surface area (Å²) in [6.45, 7) is -0.115. The Bertz CT molecular complexity index is 1120. The van der Waals surface area contributed by atoms with Crippen LogP contribution in [0.3, 0.4) is 0 Å². The largest absolute Gasteiger partial charge is 0.442 e. The highest BCUT2D eigenvalue weighted by molar-refractivity contribution is 7.81. The second-order valence-corrected chi connectivity index (χ2v) is 6.85. The number of benzene rings is 2. The monoisotopic (exact) mass is 494 g/mol. The van der Waals surface area contributed by atoms with Crippen molar-refractivity contribution in [3.63, 3.8) is 0 Å². The molecule has 0 saturated carbocycles. The van der Waals surface area contributed by atoms with E-state index in [1.54, 1.807) is 0 Å². The van der Waals surface area contributed by atoms with Gasteiger partial charge in [0.15, 0.2) is 0 Å². The van der Waals surface area contributed by atoms with Gasteiger partial charge in [0.05, 0.1) is 30.1 Å². The Morgan fingerprint density at radius 2 is 1.67 bits per heavy atom. The molecule has 1 aliphatic rings. The Kier molecular flexibility index (Phi) is 7.05. The van der Waals surface area contributed by atoms with E-state index in [0.29, 0.717) is 6.07 Å². The predicted octanol–water partition coefficient (Wildman–Crippen LogP) is 3.11. The first-order chi connectivity index (χ1) is 15.5. The number of carbonyl (C=O) groups is 3. The van der Waals surface area contributed by atoms with E-state index in [4.69, 9.17) is 4.74 Å². The molecule has 3 rings (SSSR count). The normalized spacial score (nSPS) is 15.4. The number of amides is 2. The Morgan fingerprint density at radius 1 is 1.06 bits per heavy atom. The number of hydrogen-bond donors (Lipinski definition) is 2. The number of ether oxygens (including phenoxy) is 2. The van der Waals surface area contributed by atoms with Gasteiger partial charge in [0, 0.05) is 0 Å². The molecule has 0 unspecified atom stereocenters. The Balaban J connectivity index is 1.77. The molecule has 1 fully saturated rings. The standard InChI is InChI=1S/C19H12F6N2O5S/c20-10-3-7(27-5-8(31-19(27)30)4-26-11(28)6-33)1-2-9(10)18(29)32-17-15(24)13(22)12(21)14(23)16(17)25/h1-3,8,33H,4-6H2,(H,26,28)/t8-/m0/s1. The molecule has 1 aliphatic heterocycles. The fourth-order valence-corrected chi connectivity index (χ4v) is 2.89. The van der Waals surface area contributed by atoms with E-state index in [0.717, 1.165) is 17.0 Å². The summed E-state index contributed by atoms with van der Waals surface area (Å²) in [4.78, 5) is 36.3. The highest BCUT2D eigenvalue weighted by Crippen LogP contribution is 2.30. The Hall–Kier alpha value is -3.42. The number of esters is 1. The van der Waals surface area contributed by atoms with Crippen molar-refractivity contribution >= 4 is 36.3 Å². The van der Waals surface area contributed by atoms with Crippen molar-refractivity contribution in [3.8, 4) is 5.75 Å². The van der Waals surface area contributed by atoms with E-state index in [1.807, 2.05) is 0 Å². The minimum Gasteiger partial charge on any atom is -0.442 e. The van der Waals surface area contributed by atoms with E-state index < -0.39 is 70.3 Å². The molecule has 2 aromatic carbocycles. The third kappa shape index (κ3) is 4.84. The number of nitrogens with zero attached hydrogens (tertiary/aromatic N) is 1. The van der Waals surface area contributed by atoms with Crippen molar-refractivity contribution in [2.45, 2.75) is 6.10 Å². The number of hydrogen-bond acceptors (Lipinski definition) is 6. The second kappa shape index (κ2) is 9.60. The summed E-state index contributed by atoms with van der Waals surface area (Å²) < 4.78 is 90.6. The molecule has 0 aromatic heterocycles. The summed E-state index contributed by atoms with van der Waals surface area (Å²) in [5.41, 5.74) is -0.985. The molecule has 2 amide bonds. The Labute approximate surface area is 186 Å². The smallest absolute Gasteiger partial charge is 0.414 e. The third-order valence-electron chi connectivity index (χ3n) is 4.39. The number of carbonyl (C=O) groups excluding carboxylic acids is 3. The molecule has 1 saturated heterocycles. The van der Waals surface area contributed by atoms with Gasteiger partial charge in [-0.15, -0.1) is 0 Å². The number of rotatable bonds is 6. The first-order valence-corrected chi connectivity index (χ1v) is 9.57. The lowest BCUT2D eigenvalue weighted by atomic mass is 10.1. The van der Waals surface area contributed by atoms with E-state index >= 15 is 0 Å². The van der Waals surface area contributed by atoms with Crippen LogP contribution in [-0.2, 0) is 9.53 Å². The molecule has 1 atom stereocenters. The number of thiol groups is 1. The van der Waals surface area contributed by atoms with Crippen molar-refractivity contribution in [1.82, 2.24) is 5.32 Å². The molecule has 2 aromatic rings. The van der Waals surface area contributed by atoms with Crippen LogP contribution in [0.1, 0.15) is 10.4 Å². The van der Waals surface area contributed by atoms with Crippen LogP contribution in [0.25, 0.3) is 0 Å². The van der Waals surface area contributed by atoms with Gasteiger partial charge in [0.25, 0.3) is 0 Å². The van der Waals surface area contributed by atoms with Gasteiger partial charge in [-0.05, 0) is 18.2 Å². The first kappa shape index (κ1) is 24.2. The van der Waals surface area contributed by atoms with E-state index in [-0.39, 0.29) is 24.5 Å². The minimum absolute atomic E-state index is 0.0313. The van der Waals surface area contributed by atoms with Crippen LogP contribution in [0.2, 0.25) is 0 Å². The summed E-state index contributed by atoms with van der Waals surface area (Å²) in [5.74, 6) is -17.4. The molecule has 1 heterocycles. The summed E-state index contributed by atoms with van der Waals surface area (Å²) >= 11 is 3.77. The number of halogens is 6. The minimum atomic E-state index is -2.46. The first-order valence-electron chi connectivity index (χ1n) is 8.94. The quantitative estimate of drug-likeness (QED) is 0.161. The topological polar surface area (TPSA) is 84.9 Å². The van der Waals surface area contributed by atoms with Crippen LogP contribution < -0.4 is 15.0 Å². The van der Waals surface area contributed by atoms with Crippen LogP contribution in [-0.4, -0.2) is 42.9 Å². The maximum absolute atomic E-state index is 14.5. The molecule has 0 bridgehead atoms. The maximum Gasteiger partial charge on any atom is 0.414 e. The molecule has 1 N–H and O–H groups in total. The zero-order valence-electron chi connectivity index (χ0n) is 16.1. The van der Waals surface area contributed by atoms with Gasteiger partial charge in [-0.3, -0.25) is 9.69 Å². The molecular weight excluding hydrogens is 482 g/mol. The molecular formula is C19H12F6N2O5S. The van der Waals surface area contributed by atoms with Crippen molar-refractivity contribution in [1.29, 1.82) is 0 Å². The SMILES string of the molecule is O=C(CS)NC[C@H]1CN(c2ccc(C(=O)Oc3c(F)c(F)c(F)c(F)c3F)c(F)c2)C(=O)O1. The van der Waals surface area contributed by atoms with E-state index in [2.05, 4.69) is 22.7 Å². The zero-order chi connectivity index (χ0) is 24.4. The fraction of sp³-hybridized carbons (Fsp3) is 0.211. The summed E-state index contributed by atoms with van der Waals surface area (Å²) in [7, 11) is 0. The van der Waals surface area contributed by atoms with Gasteiger partial charge < -0.3 is 14.8 Å². The van der Waals surface area contributed by atoms with Gasteiger partial charge in [0.1, 0.15) is 11.9 Å². The number of cyclic esters (lactones) is 1. The lowest BCUT2D eigenvalue weighted by molar-refractivity contribution is -0.118. The molecule has 0 radical (unpaired) electrons. The lowest BCUT2D eigenvalue weighted by Crippen LogP contribution is -2.35. The summed E-state index contributed by atoms with van der Waals surface area (Å²) in [6.07, 6.45) is -1.64. The predicted molar refractivity (Wildman–Crippen MR) is 102 cm³/mol. The van der Waals surface area contributed by atoms with Gasteiger partial charge >= 0.3 is 12.1 Å². The van der Waals surface area contributed by atoms with Crippen molar-refractivity contribution in [3.05, 3.63) is 58.7 Å². The fourth-order valence-electron chi connectivity index (χ4n) is 2.78. The van der Waals surface area contributed by atoms with Crippen LogP contribution >= 0.6 is 12.6 Å². The van der Waals surface area contributed by atoms with Gasteiger partial charge in [0.2, 0.25) is 40.7 Å². The van der Waals surface area contributed by atoms with Gasteiger partial charge in [-0.25, -0.2) is 27.2 Å². The summed E-state index contributed by atoms with van der Waals surface area (Å²) in [6, 6.07) is 2.54. The zero-order valence-corrected chi connectivity index (χ0v) is 17.0. The number of anilines is 1. The van der Waals surface area contributed by atoms with Crippen LogP contribution in [0.15, 0.2) is 18.2 Å². The van der Waals surface area contributed by atoms with Gasteiger partial charge in [-0.2, -0.15) is 21.4 Å². The summed E-state index contributed by atoms with van der Waals surface area (Å²) in [5, 5.41) is 2.45. The number of nitrogens with one attached hydrogen (secondary N) is 1. The maximum atomic E-state index is 14.5. The highest BCUT2D eigenvalue weighted by atomic mass is 32.1. The molecule has 33 heavy (non-hydrogen) atoms. The molecule has 7 nitrogen and oxygen atoms in total. The van der Waals surface area contributed by atoms with Crippen molar-refractivity contribution < 1.29 is 50.2 Å². The van der Waals surface area contributed by atoms with Crippen LogP contribution in [0, 0.1) is 34.9 Å². The third-order valence-corrected chi connectivity index (χ3v) is 4.68. The average Bonchev–Trinajstić information content (AvgIpc) is 3.17. The van der Waals surface area contributed by atoms with Crippen molar-refractivity contribution in [2.75, 3.05) is 23.7 Å². The van der Waals surface area contributed by atoms with Crippen LogP contribution in [0.5, 0.6) is 5.75 Å². The van der Waals surface area contributed by atoms with E-state index in [9.17, 15) is 40.7 Å². The average molecular weight is 494 g/mol. The molecule has 176 valence electrons. The van der Waals surface area contributed by atoms with E-state index in [1.165, 1.54) is 0 Å². The van der Waals surface area contributed by atoms with Crippen LogP contribution in [0.4, 0.5) is 36.8 Å². The van der Waals surface area contributed by atoms with Gasteiger partial charge in [-0.1, -0.05) is 0 Å². The van der Waals surface area contributed by atoms with Crippen molar-refractivity contribution in [2.24, 2.45) is 0 Å². The molecule has 14 heteroatoms. The highest BCUT2D eigenvalue weighted by Gasteiger charge is 2.34. The Morgan fingerprint density at radius 3 is 2.24 bits per heavy atom. The second-order valence-electron chi connectivity index (χ2n) is 6.53.